The minimum absolute atomic E-state index is 0.0230. The Morgan fingerprint density at radius 1 is 1.05 bits per heavy atom. The predicted octanol–water partition coefficient (Wildman–Crippen LogP) is 0.398. The number of rotatable bonds is 2. The molecule has 0 aliphatic carbocycles. The molecule has 7 heterocycles. The summed E-state index contributed by atoms with van der Waals surface area (Å²) >= 11 is 0. The van der Waals surface area contributed by atoms with Gasteiger partial charge in [0.1, 0.15) is 24.2 Å². The molecule has 0 saturated carbocycles. The first-order valence-electron chi connectivity index (χ1n) is 12.3. The Morgan fingerprint density at radius 3 is 2.75 bits per heavy atom. The van der Waals surface area contributed by atoms with E-state index >= 15 is 0 Å². The lowest BCUT2D eigenvalue weighted by Gasteiger charge is -2.24. The summed E-state index contributed by atoms with van der Waals surface area (Å²) in [6, 6.07) is 0. The van der Waals surface area contributed by atoms with Gasteiger partial charge in [-0.2, -0.15) is 4.98 Å². The number of phosphoric ester groups is 1. The second-order valence-corrected chi connectivity index (χ2v) is 11.9. The quantitative estimate of drug-likeness (QED) is 0.230. The molecular weight excluding hydrogens is 570 g/mol. The second kappa shape index (κ2) is 9.78. The Kier molecular flexibility index (Phi) is 6.32. The van der Waals surface area contributed by atoms with E-state index in [1.807, 2.05) is 0 Å². The molecule has 3 fully saturated rings. The zero-order valence-corrected chi connectivity index (χ0v) is 22.5. The first kappa shape index (κ1) is 25.9. The molecule has 0 spiro atoms. The molecule has 212 valence electrons. The van der Waals surface area contributed by atoms with Crippen LogP contribution in [-0.4, -0.2) is 75.2 Å². The van der Waals surface area contributed by atoms with Gasteiger partial charge in [0.2, 0.25) is 5.95 Å². The van der Waals surface area contributed by atoms with Crippen molar-refractivity contribution in [1.82, 2.24) is 39.0 Å². The maximum atomic E-state index is 13.1. The van der Waals surface area contributed by atoms with E-state index in [2.05, 4.69) is 29.9 Å². The monoisotopic (exact) mass is 594 g/mol. The van der Waals surface area contributed by atoms with Crippen LogP contribution in [0.5, 0.6) is 0 Å². The molecule has 4 aromatic rings. The fourth-order valence-electron chi connectivity index (χ4n) is 5.20. The van der Waals surface area contributed by atoms with Gasteiger partial charge < -0.3 is 30.4 Å². The predicted molar refractivity (Wildman–Crippen MR) is 138 cm³/mol. The van der Waals surface area contributed by atoms with E-state index in [1.54, 1.807) is 10.9 Å². The van der Waals surface area contributed by atoms with E-state index in [1.165, 1.54) is 17.2 Å². The van der Waals surface area contributed by atoms with Crippen LogP contribution in [0, 0.1) is 5.92 Å². The standard InChI is InChI=1S/C20H24N10O8P2/c21-15-13-16(24-5-23-15)29(6-25-13)11-1-8-4-39-37-12-2-9(38-40(32,33)34-3-10(8)35-11)19(36-12)30-7-26-14-17(30)27-20(22)28-18(14)31/h5-12,19,39H,1-4H2,(H,32,33)(H2,21,23,24)(H3,22,27,28,31)/t8-,9-,10-,11-,12?,19-/m1/s1. The minimum Gasteiger partial charge on any atom is -0.382 e. The highest BCUT2D eigenvalue weighted by molar-refractivity contribution is 7.47. The molecule has 20 heteroatoms. The number of nitrogens with two attached hydrogens (primary N) is 2. The Balaban J connectivity index is 1.13. The van der Waals surface area contributed by atoms with Crippen LogP contribution < -0.4 is 17.0 Å². The van der Waals surface area contributed by atoms with Crippen molar-refractivity contribution in [2.75, 3.05) is 24.2 Å². The lowest BCUT2D eigenvalue weighted by atomic mass is 10.0. The van der Waals surface area contributed by atoms with Crippen molar-refractivity contribution < 1.29 is 32.5 Å². The summed E-state index contributed by atoms with van der Waals surface area (Å²) in [6.45, 7) is -0.202. The van der Waals surface area contributed by atoms with Crippen LogP contribution in [-0.2, 0) is 27.6 Å². The van der Waals surface area contributed by atoms with E-state index in [0.717, 1.165) is 0 Å². The topological polar surface area (TPSA) is 243 Å². The summed E-state index contributed by atoms with van der Waals surface area (Å²) in [6.07, 6.45) is 1.79. The van der Waals surface area contributed by atoms with Crippen molar-refractivity contribution in [2.45, 2.75) is 43.8 Å². The smallest absolute Gasteiger partial charge is 0.382 e. The van der Waals surface area contributed by atoms with Crippen molar-refractivity contribution in [3.05, 3.63) is 29.3 Å². The number of nitrogen functional groups attached to an aromatic ring is 2. The van der Waals surface area contributed by atoms with Crippen LogP contribution in [0.1, 0.15) is 25.3 Å². The fraction of sp³-hybridized carbons (Fsp3) is 0.500. The number of fused-ring (bicyclic) bond motifs is 5. The van der Waals surface area contributed by atoms with Crippen LogP contribution in [0.25, 0.3) is 22.3 Å². The highest BCUT2D eigenvalue weighted by Gasteiger charge is 2.45. The van der Waals surface area contributed by atoms with Gasteiger partial charge in [-0.25, -0.2) is 24.5 Å². The van der Waals surface area contributed by atoms with Gasteiger partial charge in [-0.15, -0.1) is 0 Å². The maximum absolute atomic E-state index is 13.1. The first-order chi connectivity index (χ1) is 19.3. The summed E-state index contributed by atoms with van der Waals surface area (Å²) in [5.74, 6) is 0.0623. The average molecular weight is 594 g/mol. The molecule has 0 aromatic carbocycles. The van der Waals surface area contributed by atoms with Gasteiger partial charge in [0, 0.05) is 15.2 Å². The number of nitrogens with one attached hydrogen (secondary N) is 1. The molecule has 3 aliphatic rings. The molecule has 0 radical (unpaired) electrons. The highest BCUT2D eigenvalue weighted by atomic mass is 31.2. The summed E-state index contributed by atoms with van der Waals surface area (Å²) in [5.41, 5.74) is 12.2. The third kappa shape index (κ3) is 4.55. The minimum atomic E-state index is -4.59. The van der Waals surface area contributed by atoms with E-state index < -0.39 is 44.3 Å². The van der Waals surface area contributed by atoms with Gasteiger partial charge in [-0.3, -0.25) is 28.0 Å². The largest absolute Gasteiger partial charge is 0.472 e. The molecule has 2 bridgehead atoms. The zero-order valence-electron chi connectivity index (χ0n) is 20.6. The lowest BCUT2D eigenvalue weighted by molar-refractivity contribution is -0.101. The Bertz CT molecular complexity index is 1690. The molecule has 3 unspecified atom stereocenters. The van der Waals surface area contributed by atoms with Gasteiger partial charge in [0.05, 0.1) is 25.4 Å². The summed E-state index contributed by atoms with van der Waals surface area (Å²) in [5, 5.41) is 0. The van der Waals surface area contributed by atoms with Gasteiger partial charge in [-0.1, -0.05) is 0 Å². The van der Waals surface area contributed by atoms with Crippen molar-refractivity contribution in [1.29, 1.82) is 0 Å². The molecule has 4 aromatic heterocycles. The van der Waals surface area contributed by atoms with Crippen LogP contribution in [0.15, 0.2) is 23.8 Å². The van der Waals surface area contributed by atoms with Gasteiger partial charge in [0.15, 0.2) is 35.1 Å². The molecule has 3 saturated heterocycles. The van der Waals surface area contributed by atoms with Crippen molar-refractivity contribution >= 4 is 50.7 Å². The first-order valence-corrected chi connectivity index (χ1v) is 14.9. The number of aromatic nitrogens is 8. The number of hydrogen-bond donors (Lipinski definition) is 4. The second-order valence-electron chi connectivity index (χ2n) is 9.55. The molecule has 18 nitrogen and oxygen atoms in total. The summed E-state index contributed by atoms with van der Waals surface area (Å²) in [7, 11) is -4.57. The van der Waals surface area contributed by atoms with Crippen LogP contribution in [0.3, 0.4) is 0 Å². The van der Waals surface area contributed by atoms with Crippen molar-refractivity contribution in [3.63, 3.8) is 0 Å². The number of nitrogens with zero attached hydrogens (tertiary/aromatic N) is 7. The van der Waals surface area contributed by atoms with Crippen LogP contribution in [0.4, 0.5) is 11.8 Å². The Hall–Kier alpha value is -3.08. The normalized spacial score (nSPS) is 33.7. The molecule has 6 N–H and O–H groups in total. The molecule has 7 rings (SSSR count). The van der Waals surface area contributed by atoms with Crippen LogP contribution >= 0.6 is 16.6 Å². The number of phosphoric acid groups is 1. The van der Waals surface area contributed by atoms with E-state index in [-0.39, 0.29) is 50.7 Å². The molecule has 40 heavy (non-hydrogen) atoms. The van der Waals surface area contributed by atoms with E-state index in [4.69, 9.17) is 34.5 Å². The maximum Gasteiger partial charge on any atom is 0.472 e. The number of hydrogen-bond acceptors (Lipinski definition) is 14. The van der Waals surface area contributed by atoms with Crippen molar-refractivity contribution in [2.24, 2.45) is 5.92 Å². The fourth-order valence-corrected chi connectivity index (χ4v) is 7.20. The van der Waals surface area contributed by atoms with Gasteiger partial charge >= 0.3 is 7.82 Å². The van der Waals surface area contributed by atoms with E-state index in [0.29, 0.717) is 23.7 Å². The average Bonchev–Trinajstić information content (AvgIpc) is 3.67. The number of anilines is 2. The third-order valence-corrected chi connectivity index (χ3v) is 9.18. The van der Waals surface area contributed by atoms with E-state index in [9.17, 15) is 14.3 Å². The number of aromatic amines is 1. The number of H-pyrrole nitrogens is 1. The Labute approximate surface area is 225 Å². The summed E-state index contributed by atoms with van der Waals surface area (Å²) < 4.78 is 45.5. The van der Waals surface area contributed by atoms with Crippen molar-refractivity contribution in [3.8, 4) is 0 Å². The SMILES string of the molecule is Nc1nc2c(ncn2[C@@H]2OC3C[C@H]2OP(=O)(O)OC[C@H]2O[C@@H](n4cnc5c(N)ncnc54)C[C@@H]2CPO3)c(=O)[nH]1. The molecule has 8 atom stereocenters. The number of imidazole rings is 2. The molecule has 0 amide bonds. The van der Waals surface area contributed by atoms with Gasteiger partial charge in [0.25, 0.3) is 5.56 Å². The highest BCUT2D eigenvalue weighted by Crippen LogP contribution is 2.51. The lowest BCUT2D eigenvalue weighted by Crippen LogP contribution is -2.26. The number of ether oxygens (including phenoxy) is 2. The van der Waals surface area contributed by atoms with Crippen LogP contribution in [0.2, 0.25) is 0 Å². The Morgan fingerprint density at radius 2 is 1.88 bits per heavy atom. The summed E-state index contributed by atoms with van der Waals surface area (Å²) in [4.78, 5) is 46.0. The van der Waals surface area contributed by atoms with Gasteiger partial charge in [-0.05, 0) is 18.5 Å². The molecule has 3 aliphatic heterocycles. The third-order valence-electron chi connectivity index (χ3n) is 7.05. The zero-order chi connectivity index (χ0) is 27.6. The molecular formula is C20H24N10O8P2.